The van der Waals surface area contributed by atoms with Crippen LogP contribution in [-0.4, -0.2) is 0 Å². The summed E-state index contributed by atoms with van der Waals surface area (Å²) in [5, 5.41) is 8.91. The Morgan fingerprint density at radius 1 is 1.05 bits per heavy atom. The van der Waals surface area contributed by atoms with Crippen molar-refractivity contribution in [2.75, 3.05) is 0 Å². The standard InChI is InChI=1S/C15H10F3NO/c1-10-5-6-14(7-11(10)9-19)20-13-4-2-3-12(8-13)15(16,17)18/h2-8H,1H3. The highest BCUT2D eigenvalue weighted by molar-refractivity contribution is 5.44. The van der Waals surface area contributed by atoms with E-state index in [1.807, 2.05) is 6.07 Å². The lowest BCUT2D eigenvalue weighted by atomic mass is 10.1. The fourth-order valence-electron chi connectivity index (χ4n) is 1.66. The molecule has 0 aliphatic rings. The van der Waals surface area contributed by atoms with Crippen molar-refractivity contribution >= 4 is 0 Å². The number of alkyl halides is 3. The Morgan fingerprint density at radius 3 is 2.40 bits per heavy atom. The lowest BCUT2D eigenvalue weighted by Gasteiger charge is -2.10. The fourth-order valence-corrected chi connectivity index (χ4v) is 1.66. The first-order valence-corrected chi connectivity index (χ1v) is 5.76. The highest BCUT2D eigenvalue weighted by atomic mass is 19.4. The van der Waals surface area contributed by atoms with E-state index in [1.54, 1.807) is 19.1 Å². The summed E-state index contributed by atoms with van der Waals surface area (Å²) in [6.45, 7) is 1.77. The molecule has 2 aromatic carbocycles. The average molecular weight is 277 g/mol. The average Bonchev–Trinajstić information content (AvgIpc) is 2.40. The van der Waals surface area contributed by atoms with Gasteiger partial charge >= 0.3 is 6.18 Å². The normalized spacial score (nSPS) is 10.9. The minimum atomic E-state index is -4.41. The summed E-state index contributed by atoms with van der Waals surface area (Å²) in [6.07, 6.45) is -4.41. The van der Waals surface area contributed by atoms with Crippen molar-refractivity contribution in [1.82, 2.24) is 0 Å². The molecular weight excluding hydrogens is 267 g/mol. The number of ether oxygens (including phenoxy) is 1. The second-order valence-electron chi connectivity index (χ2n) is 4.22. The third-order valence-corrected chi connectivity index (χ3v) is 2.73. The predicted octanol–water partition coefficient (Wildman–Crippen LogP) is 4.68. The number of halogens is 3. The van der Waals surface area contributed by atoms with Gasteiger partial charge in [-0.25, -0.2) is 0 Å². The predicted molar refractivity (Wildman–Crippen MR) is 67.4 cm³/mol. The summed E-state index contributed by atoms with van der Waals surface area (Å²) in [5.74, 6) is 0.402. The Labute approximate surface area is 114 Å². The van der Waals surface area contributed by atoms with Gasteiger partial charge in [0.1, 0.15) is 11.5 Å². The van der Waals surface area contributed by atoms with E-state index in [0.717, 1.165) is 17.7 Å². The van der Waals surface area contributed by atoms with Crippen LogP contribution in [0.1, 0.15) is 16.7 Å². The lowest BCUT2D eigenvalue weighted by molar-refractivity contribution is -0.137. The van der Waals surface area contributed by atoms with Gasteiger partial charge in [0.2, 0.25) is 0 Å². The van der Waals surface area contributed by atoms with Crippen molar-refractivity contribution in [3.05, 3.63) is 59.2 Å². The minimum absolute atomic E-state index is 0.0765. The van der Waals surface area contributed by atoms with Crippen molar-refractivity contribution in [2.24, 2.45) is 0 Å². The van der Waals surface area contributed by atoms with Crippen LogP contribution in [0.25, 0.3) is 0 Å². The maximum absolute atomic E-state index is 12.6. The van der Waals surface area contributed by atoms with E-state index >= 15 is 0 Å². The van der Waals surface area contributed by atoms with Crippen molar-refractivity contribution in [3.63, 3.8) is 0 Å². The molecule has 0 heterocycles. The zero-order chi connectivity index (χ0) is 14.8. The van der Waals surface area contributed by atoms with E-state index in [4.69, 9.17) is 10.00 Å². The summed E-state index contributed by atoms with van der Waals surface area (Å²) >= 11 is 0. The molecule has 102 valence electrons. The molecule has 0 N–H and O–H groups in total. The molecule has 0 amide bonds. The van der Waals surface area contributed by atoms with Crippen molar-refractivity contribution < 1.29 is 17.9 Å². The maximum atomic E-state index is 12.6. The zero-order valence-corrected chi connectivity index (χ0v) is 10.5. The molecule has 0 atom stereocenters. The van der Waals surface area contributed by atoms with Crippen molar-refractivity contribution in [2.45, 2.75) is 13.1 Å². The van der Waals surface area contributed by atoms with Crippen LogP contribution in [0.15, 0.2) is 42.5 Å². The molecule has 0 aliphatic heterocycles. The van der Waals surface area contributed by atoms with Gasteiger partial charge in [0, 0.05) is 0 Å². The van der Waals surface area contributed by atoms with E-state index < -0.39 is 11.7 Å². The third-order valence-electron chi connectivity index (χ3n) is 2.73. The largest absolute Gasteiger partial charge is 0.457 e. The molecule has 5 heteroatoms. The molecule has 0 saturated carbocycles. The minimum Gasteiger partial charge on any atom is -0.457 e. The molecule has 0 spiro atoms. The van der Waals surface area contributed by atoms with Gasteiger partial charge in [-0.3, -0.25) is 0 Å². The molecule has 0 radical (unpaired) electrons. The third kappa shape index (κ3) is 3.09. The van der Waals surface area contributed by atoms with Gasteiger partial charge in [0.25, 0.3) is 0 Å². The number of hydrogen-bond donors (Lipinski definition) is 0. The van der Waals surface area contributed by atoms with Crippen LogP contribution >= 0.6 is 0 Å². The maximum Gasteiger partial charge on any atom is 0.416 e. The molecule has 2 rings (SSSR count). The summed E-state index contributed by atoms with van der Waals surface area (Å²) in [6, 6.07) is 11.4. The van der Waals surface area contributed by atoms with Crippen LogP contribution in [0.4, 0.5) is 13.2 Å². The van der Waals surface area contributed by atoms with Crippen LogP contribution in [-0.2, 0) is 6.18 Å². The molecule has 2 aromatic rings. The molecule has 0 aromatic heterocycles. The summed E-state index contributed by atoms with van der Waals surface area (Å²) in [4.78, 5) is 0. The Balaban J connectivity index is 2.29. The van der Waals surface area contributed by atoms with Crippen LogP contribution in [0.3, 0.4) is 0 Å². The smallest absolute Gasteiger partial charge is 0.416 e. The Bertz CT molecular complexity index is 672. The van der Waals surface area contributed by atoms with Gasteiger partial charge in [-0.2, -0.15) is 18.4 Å². The number of rotatable bonds is 2. The van der Waals surface area contributed by atoms with E-state index in [0.29, 0.717) is 11.3 Å². The molecule has 0 saturated heterocycles. The number of nitriles is 1. The molecule has 0 unspecified atom stereocenters. The summed E-state index contributed by atoms with van der Waals surface area (Å²) in [7, 11) is 0. The van der Waals surface area contributed by atoms with Gasteiger partial charge in [-0.1, -0.05) is 12.1 Å². The second kappa shape index (κ2) is 5.25. The molecule has 20 heavy (non-hydrogen) atoms. The quantitative estimate of drug-likeness (QED) is 0.798. The van der Waals surface area contributed by atoms with E-state index in [1.165, 1.54) is 18.2 Å². The summed E-state index contributed by atoms with van der Waals surface area (Å²) < 4.78 is 43.1. The lowest BCUT2D eigenvalue weighted by Crippen LogP contribution is -2.04. The molecule has 2 nitrogen and oxygen atoms in total. The first-order valence-electron chi connectivity index (χ1n) is 5.76. The number of nitrogens with zero attached hydrogens (tertiary/aromatic N) is 1. The molecule has 0 aliphatic carbocycles. The van der Waals surface area contributed by atoms with Crippen molar-refractivity contribution in [1.29, 1.82) is 5.26 Å². The van der Waals surface area contributed by atoms with E-state index in [9.17, 15) is 13.2 Å². The first-order chi connectivity index (χ1) is 9.40. The van der Waals surface area contributed by atoms with Crippen LogP contribution < -0.4 is 4.74 Å². The second-order valence-corrected chi connectivity index (χ2v) is 4.22. The number of aryl methyl sites for hydroxylation is 1. The van der Waals surface area contributed by atoms with Crippen LogP contribution in [0.5, 0.6) is 11.5 Å². The Morgan fingerprint density at radius 2 is 1.75 bits per heavy atom. The number of hydrogen-bond acceptors (Lipinski definition) is 2. The monoisotopic (exact) mass is 277 g/mol. The Kier molecular flexibility index (Phi) is 3.66. The highest BCUT2D eigenvalue weighted by Gasteiger charge is 2.30. The van der Waals surface area contributed by atoms with E-state index in [2.05, 4.69) is 0 Å². The molecule has 0 fully saturated rings. The molecular formula is C15H10F3NO. The first kappa shape index (κ1) is 13.9. The van der Waals surface area contributed by atoms with Crippen molar-refractivity contribution in [3.8, 4) is 17.6 Å². The van der Waals surface area contributed by atoms with Gasteiger partial charge in [0.15, 0.2) is 0 Å². The highest BCUT2D eigenvalue weighted by Crippen LogP contribution is 2.32. The van der Waals surface area contributed by atoms with Crippen LogP contribution in [0.2, 0.25) is 0 Å². The van der Waals surface area contributed by atoms with Crippen LogP contribution in [0, 0.1) is 18.3 Å². The van der Waals surface area contributed by atoms with Gasteiger partial charge in [-0.15, -0.1) is 0 Å². The number of benzene rings is 2. The SMILES string of the molecule is Cc1ccc(Oc2cccc(C(F)(F)F)c2)cc1C#N. The molecule has 0 bridgehead atoms. The zero-order valence-electron chi connectivity index (χ0n) is 10.5. The fraction of sp³-hybridized carbons (Fsp3) is 0.133. The van der Waals surface area contributed by atoms with Gasteiger partial charge < -0.3 is 4.74 Å². The van der Waals surface area contributed by atoms with Gasteiger partial charge in [-0.05, 0) is 42.8 Å². The topological polar surface area (TPSA) is 33.0 Å². The van der Waals surface area contributed by atoms with Gasteiger partial charge in [0.05, 0.1) is 17.2 Å². The Hall–Kier alpha value is -2.48. The van der Waals surface area contributed by atoms with E-state index in [-0.39, 0.29) is 5.75 Å². The summed E-state index contributed by atoms with van der Waals surface area (Å²) in [5.41, 5.74) is 0.431.